The Kier molecular flexibility index (Phi) is 6.25. The van der Waals surface area contributed by atoms with Gasteiger partial charge in [0.15, 0.2) is 0 Å². The standard InChI is InChI=1S/C29H26O4S/c1-3-9-20(10-4-1)17-30-25-19-32-29-28(26(25)31-18-21-11-5-2-6-12-21)34-27-23-14-8-7-13-22(23)15-16-24(27)33-29/h1-16,25-26,28-29H,17-19H2/t25-,26-,28+,29+/m1/s1. The van der Waals surface area contributed by atoms with Crippen molar-refractivity contribution in [2.45, 2.75) is 41.9 Å². The first-order valence-electron chi connectivity index (χ1n) is 11.6. The molecule has 0 radical (unpaired) electrons. The molecule has 4 aromatic carbocycles. The van der Waals surface area contributed by atoms with Crippen LogP contribution in [-0.2, 0) is 27.4 Å². The molecule has 2 aliphatic rings. The number of hydrogen-bond acceptors (Lipinski definition) is 5. The second-order valence-corrected chi connectivity index (χ2v) is 9.80. The van der Waals surface area contributed by atoms with E-state index in [1.54, 1.807) is 11.8 Å². The van der Waals surface area contributed by atoms with Crippen LogP contribution < -0.4 is 4.74 Å². The highest BCUT2D eigenvalue weighted by molar-refractivity contribution is 8.00. The van der Waals surface area contributed by atoms with E-state index in [0.29, 0.717) is 19.8 Å². The summed E-state index contributed by atoms with van der Waals surface area (Å²) < 4.78 is 25.5. The number of thioether (sulfide) groups is 1. The van der Waals surface area contributed by atoms with E-state index in [4.69, 9.17) is 18.9 Å². The quantitative estimate of drug-likeness (QED) is 0.334. The summed E-state index contributed by atoms with van der Waals surface area (Å²) in [5, 5.41) is 2.35. The summed E-state index contributed by atoms with van der Waals surface area (Å²) in [7, 11) is 0. The van der Waals surface area contributed by atoms with Crippen molar-refractivity contribution in [1.82, 2.24) is 0 Å². The third-order valence-electron chi connectivity index (χ3n) is 6.32. The highest BCUT2D eigenvalue weighted by atomic mass is 32.2. The third-order valence-corrected chi connectivity index (χ3v) is 7.74. The van der Waals surface area contributed by atoms with E-state index in [2.05, 4.69) is 54.6 Å². The van der Waals surface area contributed by atoms with Gasteiger partial charge in [-0.1, -0.05) is 91.0 Å². The summed E-state index contributed by atoms with van der Waals surface area (Å²) >= 11 is 1.78. The van der Waals surface area contributed by atoms with Crippen LogP contribution in [0.2, 0.25) is 0 Å². The molecule has 0 N–H and O–H groups in total. The molecule has 0 unspecified atom stereocenters. The highest BCUT2D eigenvalue weighted by Gasteiger charge is 2.47. The second-order valence-electron chi connectivity index (χ2n) is 8.61. The van der Waals surface area contributed by atoms with Gasteiger partial charge in [0.1, 0.15) is 23.2 Å². The molecule has 5 heteroatoms. The number of rotatable bonds is 6. The lowest BCUT2D eigenvalue weighted by atomic mass is 10.1. The first-order chi connectivity index (χ1) is 16.8. The van der Waals surface area contributed by atoms with Crippen LogP contribution >= 0.6 is 11.8 Å². The van der Waals surface area contributed by atoms with E-state index >= 15 is 0 Å². The minimum atomic E-state index is -0.379. The van der Waals surface area contributed by atoms with Gasteiger partial charge >= 0.3 is 0 Å². The monoisotopic (exact) mass is 470 g/mol. The predicted octanol–water partition coefficient (Wildman–Crippen LogP) is 6.22. The van der Waals surface area contributed by atoms with Crippen molar-refractivity contribution in [1.29, 1.82) is 0 Å². The van der Waals surface area contributed by atoms with Gasteiger partial charge in [0.05, 0.1) is 24.7 Å². The van der Waals surface area contributed by atoms with Crippen molar-refractivity contribution < 1.29 is 18.9 Å². The topological polar surface area (TPSA) is 36.9 Å². The molecule has 4 aromatic rings. The van der Waals surface area contributed by atoms with Crippen LogP contribution in [0.5, 0.6) is 5.75 Å². The van der Waals surface area contributed by atoms with Gasteiger partial charge in [-0.3, -0.25) is 0 Å². The van der Waals surface area contributed by atoms with E-state index in [0.717, 1.165) is 21.8 Å². The van der Waals surface area contributed by atoms with Crippen LogP contribution in [0.25, 0.3) is 10.8 Å². The van der Waals surface area contributed by atoms with Crippen molar-refractivity contribution in [2.24, 2.45) is 0 Å². The van der Waals surface area contributed by atoms with Gasteiger partial charge in [-0.25, -0.2) is 0 Å². The van der Waals surface area contributed by atoms with Gasteiger partial charge in [-0.05, 0) is 28.0 Å². The summed E-state index contributed by atoms with van der Waals surface area (Å²) in [6.45, 7) is 1.46. The maximum absolute atomic E-state index is 6.56. The zero-order valence-corrected chi connectivity index (χ0v) is 19.5. The fourth-order valence-corrected chi connectivity index (χ4v) is 6.01. The van der Waals surface area contributed by atoms with Crippen LogP contribution in [0.3, 0.4) is 0 Å². The van der Waals surface area contributed by atoms with Crippen LogP contribution in [0.1, 0.15) is 11.1 Å². The van der Waals surface area contributed by atoms with Crippen molar-refractivity contribution in [2.75, 3.05) is 6.61 Å². The molecule has 0 spiro atoms. The van der Waals surface area contributed by atoms with E-state index < -0.39 is 0 Å². The SMILES string of the molecule is c1ccc(CO[C@H]2[C@@H]3Sc4c(ccc5ccccc45)O[C@@H]3OC[C@H]2OCc2ccccc2)cc1. The first-order valence-corrected chi connectivity index (χ1v) is 12.5. The average molecular weight is 471 g/mol. The van der Waals surface area contributed by atoms with Gasteiger partial charge in [0, 0.05) is 0 Å². The second kappa shape index (κ2) is 9.80. The van der Waals surface area contributed by atoms with E-state index in [-0.39, 0.29) is 23.7 Å². The molecule has 0 bridgehead atoms. The molecule has 4 atom stereocenters. The van der Waals surface area contributed by atoms with Crippen molar-refractivity contribution in [3.8, 4) is 5.75 Å². The van der Waals surface area contributed by atoms with Crippen LogP contribution in [0.4, 0.5) is 0 Å². The number of fused-ring (bicyclic) bond motifs is 4. The molecule has 6 rings (SSSR count). The van der Waals surface area contributed by atoms with Gasteiger partial charge in [0.25, 0.3) is 0 Å². The molecule has 0 aliphatic carbocycles. The molecule has 0 amide bonds. The van der Waals surface area contributed by atoms with E-state index in [1.807, 2.05) is 42.5 Å². The summed E-state index contributed by atoms with van der Waals surface area (Å²) in [6.07, 6.45) is -0.756. The highest BCUT2D eigenvalue weighted by Crippen LogP contribution is 2.47. The fourth-order valence-electron chi connectivity index (χ4n) is 4.56. The summed E-state index contributed by atoms with van der Waals surface area (Å²) in [6, 6.07) is 33.1. The molecule has 0 aromatic heterocycles. The van der Waals surface area contributed by atoms with E-state index in [1.165, 1.54) is 10.8 Å². The molecule has 2 aliphatic heterocycles. The molecule has 2 heterocycles. The van der Waals surface area contributed by atoms with Crippen molar-refractivity contribution >= 4 is 22.5 Å². The summed E-state index contributed by atoms with van der Waals surface area (Å²) in [5.74, 6) is 0.871. The van der Waals surface area contributed by atoms with Crippen molar-refractivity contribution in [3.05, 3.63) is 108 Å². The Labute approximate surface area is 203 Å². The normalized spacial score (nSPS) is 23.6. The average Bonchev–Trinajstić information content (AvgIpc) is 2.91. The van der Waals surface area contributed by atoms with Crippen LogP contribution in [0, 0.1) is 0 Å². The third kappa shape index (κ3) is 4.44. The molecule has 1 fully saturated rings. The van der Waals surface area contributed by atoms with Crippen LogP contribution in [0.15, 0.2) is 102 Å². The number of benzene rings is 4. The Morgan fingerprint density at radius 3 is 2.18 bits per heavy atom. The Morgan fingerprint density at radius 2 is 1.41 bits per heavy atom. The Hall–Kier alpha value is -2.83. The van der Waals surface area contributed by atoms with Crippen molar-refractivity contribution in [3.63, 3.8) is 0 Å². The lowest BCUT2D eigenvalue weighted by Gasteiger charge is -2.44. The van der Waals surface area contributed by atoms with E-state index in [9.17, 15) is 0 Å². The smallest absolute Gasteiger partial charge is 0.215 e. The molecule has 0 saturated carbocycles. The van der Waals surface area contributed by atoms with Gasteiger partial charge in [-0.15, -0.1) is 11.8 Å². The molecule has 34 heavy (non-hydrogen) atoms. The Balaban J connectivity index is 1.28. The zero-order valence-electron chi connectivity index (χ0n) is 18.7. The summed E-state index contributed by atoms with van der Waals surface area (Å²) in [4.78, 5) is 1.14. The Morgan fingerprint density at radius 1 is 0.735 bits per heavy atom. The van der Waals surface area contributed by atoms with Crippen LogP contribution in [-0.4, -0.2) is 30.4 Å². The lowest BCUT2D eigenvalue weighted by Crippen LogP contribution is -2.56. The number of hydrogen-bond donors (Lipinski definition) is 0. The van der Waals surface area contributed by atoms with Gasteiger partial charge < -0.3 is 18.9 Å². The maximum Gasteiger partial charge on any atom is 0.215 e. The lowest BCUT2D eigenvalue weighted by molar-refractivity contribution is -0.210. The predicted molar refractivity (Wildman–Crippen MR) is 134 cm³/mol. The largest absolute Gasteiger partial charge is 0.462 e. The molecular weight excluding hydrogens is 444 g/mol. The fraction of sp³-hybridized carbons (Fsp3) is 0.241. The van der Waals surface area contributed by atoms with Gasteiger partial charge in [-0.2, -0.15) is 0 Å². The molecular formula is C29H26O4S. The maximum atomic E-state index is 6.56. The molecule has 172 valence electrons. The minimum absolute atomic E-state index is 0.0449. The summed E-state index contributed by atoms with van der Waals surface area (Å²) in [5.41, 5.74) is 2.27. The molecule has 4 nitrogen and oxygen atoms in total. The Bertz CT molecular complexity index is 1250. The zero-order chi connectivity index (χ0) is 22.7. The molecule has 1 saturated heterocycles. The number of ether oxygens (including phenoxy) is 4. The first kappa shape index (κ1) is 21.7. The van der Waals surface area contributed by atoms with Gasteiger partial charge in [0.2, 0.25) is 6.29 Å². The minimum Gasteiger partial charge on any atom is -0.462 e.